The number of nitrogens with one attached hydrogen (secondary N) is 2. The minimum Gasteiger partial charge on any atom is -0.460 e. The lowest BCUT2D eigenvalue weighted by Gasteiger charge is -2.23. The van der Waals surface area contributed by atoms with E-state index in [0.717, 1.165) is 25.0 Å². The van der Waals surface area contributed by atoms with Crippen LogP contribution in [0.1, 0.15) is 52.9 Å². The highest BCUT2D eigenvalue weighted by Crippen LogP contribution is 2.33. The highest BCUT2D eigenvalue weighted by Gasteiger charge is 2.42. The van der Waals surface area contributed by atoms with Crippen LogP contribution in [0.5, 0.6) is 0 Å². The van der Waals surface area contributed by atoms with E-state index in [1.807, 2.05) is 32.5 Å². The molecule has 0 aromatic carbocycles. The first-order chi connectivity index (χ1) is 26.2. The van der Waals surface area contributed by atoms with Crippen molar-refractivity contribution in [2.24, 2.45) is 5.11 Å². The van der Waals surface area contributed by atoms with Crippen LogP contribution in [0.25, 0.3) is 10.4 Å². The molecule has 2 N–H and O–H groups in total. The van der Waals surface area contributed by atoms with E-state index >= 15 is 0 Å². The summed E-state index contributed by atoms with van der Waals surface area (Å²) in [6.45, 7) is 13.0. The van der Waals surface area contributed by atoms with E-state index in [2.05, 4.69) is 20.7 Å². The van der Waals surface area contributed by atoms with Crippen molar-refractivity contribution in [3.63, 3.8) is 0 Å². The van der Waals surface area contributed by atoms with Crippen LogP contribution < -0.4 is 10.6 Å². The quantitative estimate of drug-likeness (QED) is 0.0237. The van der Waals surface area contributed by atoms with Crippen LogP contribution in [0, 0.1) is 0 Å². The van der Waals surface area contributed by atoms with Crippen molar-refractivity contribution in [1.29, 1.82) is 0 Å². The number of rotatable bonds is 35. The van der Waals surface area contributed by atoms with E-state index < -0.39 is 5.60 Å². The molecule has 0 unspecified atom stereocenters. The molecule has 54 heavy (non-hydrogen) atoms. The number of unbranched alkanes of at least 4 members (excludes halogenated alkanes) is 1. The number of hydrogen-bond donors (Lipinski definition) is 2. The maximum absolute atomic E-state index is 13.2. The Kier molecular flexibility index (Phi) is 27.1. The molecule has 2 rings (SSSR count). The first-order valence-electron chi connectivity index (χ1n) is 19.0. The third-order valence-electron chi connectivity index (χ3n) is 7.93. The molecular formula is C35H64N6O12S. The summed E-state index contributed by atoms with van der Waals surface area (Å²) in [6.07, 6.45) is 3.29. The number of fused-ring (bicyclic) bond motifs is 1. The maximum atomic E-state index is 13.2. The Bertz CT molecular complexity index is 1070. The number of urea groups is 1. The SMILES string of the molecule is CC(C)(C)OC(=O)CCOCCOCCOCCOCCN(CCOCCOCCOCCOCCN=[N+]=[N-])C(=O)CCCC[C@H]1SC[C@H]2NC(=O)N[C@H]21. The lowest BCUT2D eigenvalue weighted by Crippen LogP contribution is -2.37. The van der Waals surface area contributed by atoms with E-state index in [1.54, 1.807) is 4.90 Å². The minimum absolute atomic E-state index is 0.0624. The number of hydrogen-bond acceptors (Lipinski definition) is 14. The Morgan fingerprint density at radius 2 is 1.24 bits per heavy atom. The Hall–Kier alpha value is -2.45. The van der Waals surface area contributed by atoms with E-state index in [4.69, 9.17) is 48.2 Å². The van der Waals surface area contributed by atoms with Gasteiger partial charge < -0.3 is 58.2 Å². The Morgan fingerprint density at radius 1 is 0.741 bits per heavy atom. The van der Waals surface area contributed by atoms with Crippen LogP contribution in [-0.4, -0.2) is 177 Å². The zero-order chi connectivity index (χ0) is 39.1. The van der Waals surface area contributed by atoms with Crippen LogP contribution in [0.15, 0.2) is 5.11 Å². The smallest absolute Gasteiger partial charge is 0.315 e. The fourth-order valence-electron chi connectivity index (χ4n) is 5.36. The number of ether oxygens (including phenoxy) is 9. The Labute approximate surface area is 324 Å². The topological polar surface area (TPSA) is 210 Å². The average Bonchev–Trinajstić information content (AvgIpc) is 3.69. The predicted molar refractivity (Wildman–Crippen MR) is 202 cm³/mol. The summed E-state index contributed by atoms with van der Waals surface area (Å²) in [5, 5.41) is 9.76. The molecule has 3 amide bonds. The van der Waals surface area contributed by atoms with Crippen LogP contribution in [-0.2, 0) is 52.2 Å². The van der Waals surface area contributed by atoms with Crippen molar-refractivity contribution in [2.45, 2.75) is 75.8 Å². The number of nitrogens with zero attached hydrogens (tertiary/aromatic N) is 4. The second-order valence-corrected chi connectivity index (χ2v) is 14.7. The molecule has 2 aliphatic heterocycles. The molecule has 0 aromatic rings. The molecule has 0 spiro atoms. The highest BCUT2D eigenvalue weighted by molar-refractivity contribution is 8.00. The summed E-state index contributed by atoms with van der Waals surface area (Å²) in [5.41, 5.74) is 7.72. The summed E-state index contributed by atoms with van der Waals surface area (Å²) >= 11 is 1.88. The van der Waals surface area contributed by atoms with Crippen LogP contribution >= 0.6 is 11.8 Å². The summed E-state index contributed by atoms with van der Waals surface area (Å²) in [5.74, 6) is 0.700. The van der Waals surface area contributed by atoms with Crippen molar-refractivity contribution in [3.05, 3.63) is 10.4 Å². The number of carbonyl (C=O) groups is 3. The second-order valence-electron chi connectivity index (χ2n) is 13.4. The molecule has 2 aliphatic rings. The Balaban J connectivity index is 1.53. The predicted octanol–water partition coefficient (Wildman–Crippen LogP) is 2.72. The van der Waals surface area contributed by atoms with Crippen molar-refractivity contribution < 1.29 is 57.0 Å². The van der Waals surface area contributed by atoms with Gasteiger partial charge in [-0.05, 0) is 39.1 Å². The zero-order valence-electron chi connectivity index (χ0n) is 32.5. The van der Waals surface area contributed by atoms with Crippen molar-refractivity contribution in [1.82, 2.24) is 15.5 Å². The summed E-state index contributed by atoms with van der Waals surface area (Å²) in [6, 6.07) is 0.282. The van der Waals surface area contributed by atoms with Gasteiger partial charge in [0.2, 0.25) is 5.91 Å². The number of esters is 1. The molecule has 2 fully saturated rings. The van der Waals surface area contributed by atoms with Crippen molar-refractivity contribution in [2.75, 3.05) is 131 Å². The first-order valence-corrected chi connectivity index (χ1v) is 20.1. The summed E-state index contributed by atoms with van der Waals surface area (Å²) < 4.78 is 49.4. The number of carbonyl (C=O) groups excluding carboxylic acids is 3. The van der Waals surface area contributed by atoms with Gasteiger partial charge in [0.25, 0.3) is 0 Å². The van der Waals surface area contributed by atoms with Gasteiger partial charge in [0.1, 0.15) is 5.60 Å². The van der Waals surface area contributed by atoms with Crippen LogP contribution in [0.2, 0.25) is 0 Å². The molecule has 312 valence electrons. The molecule has 0 radical (unpaired) electrons. The zero-order valence-corrected chi connectivity index (χ0v) is 33.3. The molecular weight excluding hydrogens is 728 g/mol. The van der Waals surface area contributed by atoms with Gasteiger partial charge in [0.05, 0.1) is 124 Å². The standard InChI is InChI=1S/C35H64N6O12S/c1-35(2,3)53-32(43)8-12-45-16-20-49-24-26-51-22-18-47-14-10-41(11-15-48-19-23-52-27-25-50-21-17-46-13-9-37-40-36)31(42)7-5-4-6-30-33-29(28-54-30)38-34(44)39-33/h29-30,33H,4-28H2,1-3H3,(H2,38,39,44)/t29-,30-,33-/m1/s1. The van der Waals surface area contributed by atoms with Gasteiger partial charge in [-0.25, -0.2) is 4.79 Å². The van der Waals surface area contributed by atoms with Gasteiger partial charge in [0, 0.05) is 42.0 Å². The average molecular weight is 793 g/mol. The fraction of sp³-hybridized carbons (Fsp3) is 0.914. The monoisotopic (exact) mass is 792 g/mol. The van der Waals surface area contributed by atoms with E-state index in [9.17, 15) is 14.4 Å². The van der Waals surface area contributed by atoms with Gasteiger partial charge in [-0.3, -0.25) is 9.59 Å². The van der Waals surface area contributed by atoms with E-state index in [0.29, 0.717) is 130 Å². The molecule has 2 heterocycles. The molecule has 0 aliphatic carbocycles. The lowest BCUT2D eigenvalue weighted by atomic mass is 10.0. The third kappa shape index (κ3) is 24.9. The molecule has 19 heteroatoms. The third-order valence-corrected chi connectivity index (χ3v) is 9.44. The van der Waals surface area contributed by atoms with Gasteiger partial charge in [-0.2, -0.15) is 11.8 Å². The number of azide groups is 1. The first kappa shape index (κ1) is 47.7. The van der Waals surface area contributed by atoms with E-state index in [-0.39, 0.29) is 43.0 Å². The largest absolute Gasteiger partial charge is 0.460 e. The molecule has 0 aromatic heterocycles. The summed E-state index contributed by atoms with van der Waals surface area (Å²) in [4.78, 5) is 41.0. The van der Waals surface area contributed by atoms with Crippen molar-refractivity contribution >= 4 is 29.7 Å². The van der Waals surface area contributed by atoms with Crippen LogP contribution in [0.4, 0.5) is 4.79 Å². The molecule has 3 atom stereocenters. The van der Waals surface area contributed by atoms with Gasteiger partial charge in [0.15, 0.2) is 0 Å². The molecule has 2 saturated heterocycles. The van der Waals surface area contributed by atoms with Crippen molar-refractivity contribution in [3.8, 4) is 0 Å². The molecule has 0 bridgehead atoms. The molecule has 0 saturated carbocycles. The van der Waals surface area contributed by atoms with E-state index in [1.165, 1.54) is 0 Å². The fourth-order valence-corrected chi connectivity index (χ4v) is 6.90. The van der Waals surface area contributed by atoms with Gasteiger partial charge in [-0.15, -0.1) is 0 Å². The van der Waals surface area contributed by atoms with Crippen LogP contribution in [0.3, 0.4) is 0 Å². The lowest BCUT2D eigenvalue weighted by molar-refractivity contribution is -0.156. The maximum Gasteiger partial charge on any atom is 0.315 e. The second kappa shape index (κ2) is 30.7. The Morgan fingerprint density at radius 3 is 1.76 bits per heavy atom. The summed E-state index contributed by atoms with van der Waals surface area (Å²) in [7, 11) is 0. The number of thioether (sulfide) groups is 1. The minimum atomic E-state index is -0.499. The van der Waals surface area contributed by atoms with Gasteiger partial charge >= 0.3 is 12.0 Å². The number of amides is 3. The normalized spacial score (nSPS) is 17.8. The highest BCUT2D eigenvalue weighted by atomic mass is 32.2. The van der Waals surface area contributed by atoms with Gasteiger partial charge in [-0.1, -0.05) is 11.5 Å². The molecule has 18 nitrogen and oxygen atoms in total.